The number of nitrogens with zero attached hydrogens (tertiary/aromatic N) is 1. The third kappa shape index (κ3) is 3.97. The van der Waals surface area contributed by atoms with Crippen molar-refractivity contribution in [3.8, 4) is 0 Å². The summed E-state index contributed by atoms with van der Waals surface area (Å²) in [6.45, 7) is 0. The Bertz CT molecular complexity index is 626. The van der Waals surface area contributed by atoms with E-state index in [9.17, 15) is 24.5 Å². The molecular formula is C15H16N2O5. The van der Waals surface area contributed by atoms with Gasteiger partial charge in [0.25, 0.3) is 5.69 Å². The summed E-state index contributed by atoms with van der Waals surface area (Å²) >= 11 is 0. The molecule has 0 aromatic heterocycles. The minimum Gasteiger partial charge on any atom is -0.326 e. The topological polar surface area (TPSA) is 106 Å². The van der Waals surface area contributed by atoms with Crippen LogP contribution in [0, 0.1) is 16.0 Å². The molecule has 1 atom stereocenters. The fourth-order valence-electron chi connectivity index (χ4n) is 2.49. The maximum absolute atomic E-state index is 11.9. The Morgan fingerprint density at radius 3 is 2.73 bits per heavy atom. The van der Waals surface area contributed by atoms with Crippen molar-refractivity contribution in [1.29, 1.82) is 0 Å². The van der Waals surface area contributed by atoms with Crippen LogP contribution in [0.5, 0.6) is 0 Å². The summed E-state index contributed by atoms with van der Waals surface area (Å²) in [5, 5.41) is 13.2. The number of hydrogen-bond donors (Lipinski definition) is 1. The first-order chi connectivity index (χ1) is 10.5. The fourth-order valence-corrected chi connectivity index (χ4v) is 2.49. The summed E-state index contributed by atoms with van der Waals surface area (Å²) in [5.41, 5.74) is 0.189. The van der Waals surface area contributed by atoms with Crippen LogP contribution in [0.4, 0.5) is 11.4 Å². The van der Waals surface area contributed by atoms with Gasteiger partial charge < -0.3 is 5.32 Å². The van der Waals surface area contributed by atoms with Gasteiger partial charge in [0.1, 0.15) is 11.6 Å². The van der Waals surface area contributed by atoms with Crippen molar-refractivity contribution in [2.24, 2.45) is 5.92 Å². The molecule has 1 aromatic carbocycles. The average Bonchev–Trinajstić information content (AvgIpc) is 2.91. The zero-order chi connectivity index (χ0) is 16.1. The van der Waals surface area contributed by atoms with Gasteiger partial charge in [-0.3, -0.25) is 24.5 Å². The van der Waals surface area contributed by atoms with Gasteiger partial charge in [0.2, 0.25) is 5.91 Å². The summed E-state index contributed by atoms with van der Waals surface area (Å²) in [4.78, 5) is 45.2. The Hall–Kier alpha value is -2.57. The molecule has 0 saturated heterocycles. The Kier molecular flexibility index (Phi) is 4.98. The number of amides is 1. The molecular weight excluding hydrogens is 288 g/mol. The van der Waals surface area contributed by atoms with E-state index < -0.39 is 16.7 Å². The van der Waals surface area contributed by atoms with Crippen LogP contribution in [0.25, 0.3) is 0 Å². The monoisotopic (exact) mass is 304 g/mol. The van der Waals surface area contributed by atoms with Crippen LogP contribution in [0.2, 0.25) is 0 Å². The van der Waals surface area contributed by atoms with Crippen molar-refractivity contribution in [1.82, 2.24) is 0 Å². The number of anilines is 1. The van der Waals surface area contributed by atoms with Crippen LogP contribution in [-0.4, -0.2) is 22.4 Å². The molecule has 1 aromatic rings. The number of Topliss-reactive ketones (excluding diaryl/α,β-unsaturated/α-hetero) is 2. The summed E-state index contributed by atoms with van der Waals surface area (Å²) in [5.74, 6) is -1.19. The summed E-state index contributed by atoms with van der Waals surface area (Å²) in [7, 11) is 0. The highest BCUT2D eigenvalue weighted by Crippen LogP contribution is 2.24. The lowest BCUT2D eigenvalue weighted by atomic mass is 9.98. The van der Waals surface area contributed by atoms with Crippen molar-refractivity contribution < 1.29 is 19.3 Å². The molecule has 1 fully saturated rings. The largest absolute Gasteiger partial charge is 0.326 e. The number of nitro groups is 1. The number of nitrogens with one attached hydrogen (secondary N) is 1. The number of rotatable bonds is 6. The summed E-state index contributed by atoms with van der Waals surface area (Å²) in [6, 6.07) is 5.58. The highest BCUT2D eigenvalue weighted by atomic mass is 16.6. The molecule has 0 aliphatic heterocycles. The fraction of sp³-hybridized carbons (Fsp3) is 0.400. The van der Waals surface area contributed by atoms with Crippen LogP contribution >= 0.6 is 0 Å². The van der Waals surface area contributed by atoms with Crippen LogP contribution in [-0.2, 0) is 14.4 Å². The van der Waals surface area contributed by atoms with Crippen molar-refractivity contribution in [3.05, 3.63) is 34.4 Å². The lowest BCUT2D eigenvalue weighted by Crippen LogP contribution is -2.21. The van der Waals surface area contributed by atoms with E-state index >= 15 is 0 Å². The van der Waals surface area contributed by atoms with Gasteiger partial charge in [-0.1, -0.05) is 6.07 Å². The molecule has 1 aliphatic carbocycles. The van der Waals surface area contributed by atoms with E-state index in [-0.39, 0.29) is 30.1 Å². The molecule has 7 heteroatoms. The minimum atomic E-state index is -0.551. The maximum atomic E-state index is 11.9. The molecule has 1 N–H and O–H groups in total. The van der Waals surface area contributed by atoms with Crippen LogP contribution < -0.4 is 5.32 Å². The third-order valence-electron chi connectivity index (χ3n) is 3.63. The minimum absolute atomic E-state index is 0.0111. The van der Waals surface area contributed by atoms with Crippen molar-refractivity contribution >= 4 is 28.8 Å². The van der Waals surface area contributed by atoms with E-state index in [1.807, 2.05) is 0 Å². The van der Waals surface area contributed by atoms with Gasteiger partial charge in [0.15, 0.2) is 0 Å². The number of carbonyl (C=O) groups is 3. The second kappa shape index (κ2) is 6.93. The normalized spacial score (nSPS) is 17.3. The predicted molar refractivity (Wildman–Crippen MR) is 78.3 cm³/mol. The van der Waals surface area contributed by atoms with E-state index in [2.05, 4.69) is 5.32 Å². The first-order valence-electron chi connectivity index (χ1n) is 7.07. The number of hydrogen-bond acceptors (Lipinski definition) is 5. The van der Waals surface area contributed by atoms with Gasteiger partial charge >= 0.3 is 0 Å². The molecule has 0 unspecified atom stereocenters. The predicted octanol–water partition coefficient (Wildman–Crippen LogP) is 2.25. The maximum Gasteiger partial charge on any atom is 0.271 e. The molecule has 7 nitrogen and oxygen atoms in total. The second-order valence-electron chi connectivity index (χ2n) is 5.23. The first kappa shape index (κ1) is 15.8. The Labute approximate surface area is 126 Å². The molecule has 0 radical (unpaired) electrons. The number of benzene rings is 1. The molecule has 22 heavy (non-hydrogen) atoms. The third-order valence-corrected chi connectivity index (χ3v) is 3.63. The molecule has 0 bridgehead atoms. The molecule has 1 saturated carbocycles. The van der Waals surface area contributed by atoms with Gasteiger partial charge in [-0.2, -0.15) is 0 Å². The average molecular weight is 304 g/mol. The van der Waals surface area contributed by atoms with Crippen molar-refractivity contribution in [3.63, 3.8) is 0 Å². The van der Waals surface area contributed by atoms with Gasteiger partial charge in [-0.25, -0.2) is 0 Å². The Balaban J connectivity index is 1.85. The van der Waals surface area contributed by atoms with Crippen LogP contribution in [0.1, 0.15) is 32.1 Å². The van der Waals surface area contributed by atoms with Crippen molar-refractivity contribution in [2.45, 2.75) is 32.1 Å². The molecule has 2 rings (SSSR count). The second-order valence-corrected chi connectivity index (χ2v) is 5.23. The zero-order valence-electron chi connectivity index (χ0n) is 11.9. The van der Waals surface area contributed by atoms with Gasteiger partial charge in [0.05, 0.1) is 10.8 Å². The van der Waals surface area contributed by atoms with E-state index in [1.54, 1.807) is 0 Å². The lowest BCUT2D eigenvalue weighted by Gasteiger charge is -2.07. The molecule has 0 spiro atoms. The van der Waals surface area contributed by atoms with Crippen LogP contribution in [0.15, 0.2) is 24.3 Å². The van der Waals surface area contributed by atoms with Gasteiger partial charge in [-0.05, 0) is 18.9 Å². The highest BCUT2D eigenvalue weighted by Gasteiger charge is 2.30. The summed E-state index contributed by atoms with van der Waals surface area (Å²) in [6.07, 6.45) is 1.72. The highest BCUT2D eigenvalue weighted by molar-refractivity contribution is 6.05. The van der Waals surface area contributed by atoms with E-state index in [0.29, 0.717) is 18.5 Å². The van der Waals surface area contributed by atoms with Gasteiger partial charge in [-0.15, -0.1) is 0 Å². The lowest BCUT2D eigenvalue weighted by molar-refractivity contribution is -0.384. The van der Waals surface area contributed by atoms with Crippen LogP contribution in [0.3, 0.4) is 0 Å². The summed E-state index contributed by atoms with van der Waals surface area (Å²) < 4.78 is 0. The molecule has 1 aliphatic rings. The number of ketones is 2. The number of nitro benzene ring substituents is 1. The van der Waals surface area contributed by atoms with Crippen molar-refractivity contribution in [2.75, 3.05) is 5.32 Å². The smallest absolute Gasteiger partial charge is 0.271 e. The first-order valence-corrected chi connectivity index (χ1v) is 7.07. The van der Waals surface area contributed by atoms with E-state index in [4.69, 9.17) is 0 Å². The van der Waals surface area contributed by atoms with E-state index in [1.165, 1.54) is 24.3 Å². The molecule has 0 heterocycles. The number of non-ortho nitro benzene ring substituents is 1. The molecule has 1 amide bonds. The quantitative estimate of drug-likeness (QED) is 0.493. The number of carbonyl (C=O) groups excluding carboxylic acids is 3. The zero-order valence-corrected chi connectivity index (χ0v) is 11.9. The SMILES string of the molecule is O=C(CCC(=O)[C@@H]1CCCC1=O)Nc1cccc([N+](=O)[O-])c1. The Morgan fingerprint density at radius 1 is 1.32 bits per heavy atom. The van der Waals surface area contributed by atoms with E-state index in [0.717, 1.165) is 6.42 Å². The molecule has 116 valence electrons. The van der Waals surface area contributed by atoms with Gasteiger partial charge in [0, 0.05) is 37.1 Å². The standard InChI is InChI=1S/C15H16N2O5/c18-13-6-2-5-12(13)14(19)7-8-15(20)16-10-3-1-4-11(9-10)17(21)22/h1,3-4,9,12H,2,5-8H2,(H,16,20)/t12-/m1/s1. The Morgan fingerprint density at radius 2 is 2.09 bits per heavy atom.